The van der Waals surface area contributed by atoms with E-state index in [1.54, 1.807) is 12.1 Å². The first-order valence-corrected chi connectivity index (χ1v) is 4.01. The highest BCUT2D eigenvalue weighted by molar-refractivity contribution is 14.1. The summed E-state index contributed by atoms with van der Waals surface area (Å²) in [4.78, 5) is 0. The molecule has 11 heavy (non-hydrogen) atoms. The summed E-state index contributed by atoms with van der Waals surface area (Å²) in [5, 5.41) is 8.56. The maximum atomic E-state index is 8.56. The second kappa shape index (κ2) is 3.55. The first-order valence-electron chi connectivity index (χ1n) is 2.93. The van der Waals surface area contributed by atoms with Gasteiger partial charge in [0, 0.05) is 3.57 Å². The van der Waals surface area contributed by atoms with Gasteiger partial charge in [-0.05, 0) is 40.8 Å². The number of nitriles is 1. The lowest BCUT2D eigenvalue weighted by atomic mass is 10.2. The van der Waals surface area contributed by atoms with Crippen LogP contribution in [0.4, 0.5) is 5.69 Å². The zero-order valence-corrected chi connectivity index (χ0v) is 7.79. The molecule has 4 heteroatoms. The van der Waals surface area contributed by atoms with Gasteiger partial charge in [-0.25, -0.2) is 0 Å². The van der Waals surface area contributed by atoms with Gasteiger partial charge < -0.3 is 5.43 Å². The van der Waals surface area contributed by atoms with Crippen LogP contribution in [0, 0.1) is 14.9 Å². The summed E-state index contributed by atoms with van der Waals surface area (Å²) >= 11 is 2.13. The van der Waals surface area contributed by atoms with Crippen molar-refractivity contribution >= 4 is 28.3 Å². The van der Waals surface area contributed by atoms with Gasteiger partial charge in [-0.1, -0.05) is 0 Å². The second-order valence-corrected chi connectivity index (χ2v) is 3.23. The molecule has 0 aliphatic carbocycles. The van der Waals surface area contributed by atoms with E-state index in [9.17, 15) is 0 Å². The summed E-state index contributed by atoms with van der Waals surface area (Å²) in [5.74, 6) is 5.18. The molecule has 0 spiro atoms. The predicted molar refractivity (Wildman–Crippen MR) is 51.7 cm³/mol. The Hall–Kier alpha value is -0.800. The largest absolute Gasteiger partial charge is 0.324 e. The van der Waals surface area contributed by atoms with Crippen molar-refractivity contribution in [3.8, 4) is 6.07 Å². The number of hydrogen-bond donors (Lipinski definition) is 2. The molecule has 0 unspecified atom stereocenters. The summed E-state index contributed by atoms with van der Waals surface area (Å²) in [6, 6.07) is 7.39. The molecule has 0 aliphatic rings. The summed E-state index contributed by atoms with van der Waals surface area (Å²) < 4.78 is 0.995. The minimum absolute atomic E-state index is 0.616. The fourth-order valence-corrected chi connectivity index (χ4v) is 1.41. The van der Waals surface area contributed by atoms with E-state index in [1.807, 2.05) is 12.1 Å². The number of anilines is 1. The van der Waals surface area contributed by atoms with Gasteiger partial charge in [0.25, 0.3) is 0 Å². The van der Waals surface area contributed by atoms with Crippen molar-refractivity contribution < 1.29 is 0 Å². The van der Waals surface area contributed by atoms with Gasteiger partial charge in [0.1, 0.15) is 0 Å². The van der Waals surface area contributed by atoms with Crippen LogP contribution in [0.1, 0.15) is 5.56 Å². The topological polar surface area (TPSA) is 61.8 Å². The Kier molecular flexibility index (Phi) is 2.68. The molecule has 56 valence electrons. The van der Waals surface area contributed by atoms with Gasteiger partial charge in [-0.2, -0.15) is 5.26 Å². The summed E-state index contributed by atoms with van der Waals surface area (Å²) in [7, 11) is 0. The molecule has 3 nitrogen and oxygen atoms in total. The number of nitrogen functional groups attached to an aromatic ring is 1. The SMILES string of the molecule is N#Cc1cc(I)cc(NN)c1. The van der Waals surface area contributed by atoms with E-state index in [2.05, 4.69) is 28.0 Å². The third kappa shape index (κ3) is 2.06. The number of hydrazine groups is 1. The third-order valence-electron chi connectivity index (χ3n) is 1.19. The zero-order valence-electron chi connectivity index (χ0n) is 5.63. The van der Waals surface area contributed by atoms with Crippen molar-refractivity contribution in [2.24, 2.45) is 5.84 Å². The molecule has 1 aromatic rings. The third-order valence-corrected chi connectivity index (χ3v) is 1.82. The smallest absolute Gasteiger partial charge is 0.0992 e. The molecule has 0 bridgehead atoms. The van der Waals surface area contributed by atoms with Gasteiger partial charge >= 0.3 is 0 Å². The van der Waals surface area contributed by atoms with Crippen LogP contribution in [0.15, 0.2) is 18.2 Å². The molecule has 0 amide bonds. The van der Waals surface area contributed by atoms with Gasteiger partial charge in [-0.15, -0.1) is 0 Å². The van der Waals surface area contributed by atoms with Crippen molar-refractivity contribution in [1.29, 1.82) is 5.26 Å². The van der Waals surface area contributed by atoms with E-state index in [1.165, 1.54) is 0 Å². The minimum Gasteiger partial charge on any atom is -0.324 e. The number of benzene rings is 1. The lowest BCUT2D eigenvalue weighted by Crippen LogP contribution is -2.06. The molecule has 0 atom stereocenters. The Morgan fingerprint density at radius 3 is 2.73 bits per heavy atom. The number of halogens is 1. The van der Waals surface area contributed by atoms with E-state index < -0.39 is 0 Å². The van der Waals surface area contributed by atoms with Crippen LogP contribution >= 0.6 is 22.6 Å². The molecule has 1 rings (SSSR count). The monoisotopic (exact) mass is 259 g/mol. The lowest BCUT2D eigenvalue weighted by Gasteiger charge is -1.99. The Balaban J connectivity index is 3.15. The summed E-state index contributed by atoms with van der Waals surface area (Å²) in [6.07, 6.45) is 0. The molecule has 3 N–H and O–H groups in total. The Labute approximate surface area is 78.3 Å². The number of nitrogens with one attached hydrogen (secondary N) is 1. The van der Waals surface area contributed by atoms with Crippen molar-refractivity contribution in [1.82, 2.24) is 0 Å². The van der Waals surface area contributed by atoms with Crippen LogP contribution in [0.25, 0.3) is 0 Å². The van der Waals surface area contributed by atoms with Gasteiger partial charge in [-0.3, -0.25) is 5.84 Å². The molecule has 0 fully saturated rings. The predicted octanol–water partition coefficient (Wildman–Crippen LogP) is 1.45. The van der Waals surface area contributed by atoms with Crippen LogP contribution < -0.4 is 11.3 Å². The highest BCUT2D eigenvalue weighted by Crippen LogP contribution is 2.14. The zero-order chi connectivity index (χ0) is 8.27. The van der Waals surface area contributed by atoms with Gasteiger partial charge in [0.05, 0.1) is 17.3 Å². The maximum absolute atomic E-state index is 8.56. The highest BCUT2D eigenvalue weighted by Gasteiger charge is 1.95. The molecule has 0 saturated carbocycles. The molecule has 0 heterocycles. The first kappa shape index (κ1) is 8.30. The number of hydrogen-bond acceptors (Lipinski definition) is 3. The summed E-state index contributed by atoms with van der Waals surface area (Å²) in [5.41, 5.74) is 3.86. The quantitative estimate of drug-likeness (QED) is 0.456. The van der Waals surface area contributed by atoms with E-state index in [4.69, 9.17) is 11.1 Å². The highest BCUT2D eigenvalue weighted by atomic mass is 127. The number of nitrogens with zero attached hydrogens (tertiary/aromatic N) is 1. The van der Waals surface area contributed by atoms with E-state index in [-0.39, 0.29) is 0 Å². The fraction of sp³-hybridized carbons (Fsp3) is 0. The first-order chi connectivity index (χ1) is 5.26. The normalized spacial score (nSPS) is 8.82. The van der Waals surface area contributed by atoms with Crippen molar-refractivity contribution in [3.05, 3.63) is 27.3 Å². The van der Waals surface area contributed by atoms with Crippen molar-refractivity contribution in [2.45, 2.75) is 0 Å². The average Bonchev–Trinajstić information content (AvgIpc) is 2.03. The molecular formula is C7H6IN3. The summed E-state index contributed by atoms with van der Waals surface area (Å²) in [6.45, 7) is 0. The van der Waals surface area contributed by atoms with E-state index >= 15 is 0 Å². The van der Waals surface area contributed by atoms with Crippen molar-refractivity contribution in [2.75, 3.05) is 5.43 Å². The van der Waals surface area contributed by atoms with E-state index in [0.717, 1.165) is 9.26 Å². The number of nitrogens with two attached hydrogens (primary N) is 1. The average molecular weight is 259 g/mol. The fourth-order valence-electron chi connectivity index (χ4n) is 0.738. The van der Waals surface area contributed by atoms with Crippen LogP contribution in [-0.2, 0) is 0 Å². The Bertz CT molecular complexity index is 303. The van der Waals surface area contributed by atoms with Gasteiger partial charge in [0.2, 0.25) is 0 Å². The Morgan fingerprint density at radius 1 is 1.45 bits per heavy atom. The van der Waals surface area contributed by atoms with Gasteiger partial charge in [0.15, 0.2) is 0 Å². The minimum atomic E-state index is 0.616. The standard InChI is InChI=1S/C7H6IN3/c8-6-1-5(4-9)2-7(3-6)11-10/h1-3,11H,10H2. The molecule has 1 aromatic carbocycles. The van der Waals surface area contributed by atoms with Crippen LogP contribution in [0.5, 0.6) is 0 Å². The lowest BCUT2D eigenvalue weighted by molar-refractivity contribution is 1.34. The molecule has 0 saturated heterocycles. The second-order valence-electron chi connectivity index (χ2n) is 1.98. The van der Waals surface area contributed by atoms with Crippen LogP contribution in [0.3, 0.4) is 0 Å². The molecule has 0 aliphatic heterocycles. The van der Waals surface area contributed by atoms with Crippen LogP contribution in [-0.4, -0.2) is 0 Å². The molecule has 0 aromatic heterocycles. The van der Waals surface area contributed by atoms with Crippen molar-refractivity contribution in [3.63, 3.8) is 0 Å². The van der Waals surface area contributed by atoms with E-state index in [0.29, 0.717) is 5.56 Å². The molecule has 0 radical (unpaired) electrons. The Morgan fingerprint density at radius 2 is 2.18 bits per heavy atom. The van der Waals surface area contributed by atoms with Crippen LogP contribution in [0.2, 0.25) is 0 Å². The molecular weight excluding hydrogens is 253 g/mol. The maximum Gasteiger partial charge on any atom is 0.0992 e. The number of rotatable bonds is 1.